The molecule has 4 aromatic rings. The number of aromatic carboxylic acids is 1. The standard InChI is InChI=1S/C29H27Cl2N3O5/c30-20-5-7-27(24(31)12-20)38-17-18-2-1-3-21(10-18)39-23-13-33(14-23)16-28-32-25-6-4-19(29(35)36)11-26(25)34(28)15-22-8-9-37-22/h1-7,10-12,22-23H,8-9,13-17H2,(H,35,36). The summed E-state index contributed by atoms with van der Waals surface area (Å²) in [6.45, 7) is 3.98. The lowest BCUT2D eigenvalue weighted by Crippen LogP contribution is -2.53. The van der Waals surface area contributed by atoms with Crippen LogP contribution in [0.4, 0.5) is 0 Å². The molecule has 0 saturated carbocycles. The number of hydrogen-bond donors (Lipinski definition) is 1. The SMILES string of the molecule is O=C(O)c1ccc2nc(CN3CC(Oc4cccc(COc5ccc(Cl)cc5Cl)c4)C3)n(CC3CCO3)c2c1. The second-order valence-corrected chi connectivity index (χ2v) is 10.7. The van der Waals surface area contributed by atoms with Gasteiger partial charge < -0.3 is 23.9 Å². The number of carbonyl (C=O) groups is 1. The predicted molar refractivity (Wildman–Crippen MR) is 148 cm³/mol. The Bertz CT molecular complexity index is 1510. The second kappa shape index (κ2) is 11.1. The van der Waals surface area contributed by atoms with Crippen LogP contribution in [0.5, 0.6) is 11.5 Å². The number of likely N-dealkylation sites (tertiary alicyclic amines) is 1. The number of nitrogens with zero attached hydrogens (tertiary/aromatic N) is 3. The first-order chi connectivity index (χ1) is 18.9. The van der Waals surface area contributed by atoms with Crippen molar-refractivity contribution >= 4 is 40.2 Å². The van der Waals surface area contributed by atoms with E-state index in [9.17, 15) is 9.90 Å². The van der Waals surface area contributed by atoms with Crippen LogP contribution in [0.1, 0.15) is 28.2 Å². The summed E-state index contributed by atoms with van der Waals surface area (Å²) in [5, 5.41) is 10.5. The number of benzene rings is 3. The first kappa shape index (κ1) is 26.0. The third-order valence-corrected chi connectivity index (χ3v) is 7.56. The Morgan fingerprint density at radius 1 is 1.10 bits per heavy atom. The second-order valence-electron chi connectivity index (χ2n) is 9.87. The molecule has 1 aromatic heterocycles. The van der Waals surface area contributed by atoms with Crippen LogP contribution in [0.15, 0.2) is 60.7 Å². The summed E-state index contributed by atoms with van der Waals surface area (Å²) in [6.07, 6.45) is 1.20. The Kier molecular flexibility index (Phi) is 7.36. The van der Waals surface area contributed by atoms with Crippen molar-refractivity contribution in [2.75, 3.05) is 19.7 Å². The number of halogens is 2. The average Bonchev–Trinajstić information content (AvgIpc) is 3.20. The van der Waals surface area contributed by atoms with Crippen LogP contribution in [0.2, 0.25) is 10.0 Å². The molecule has 0 amide bonds. The van der Waals surface area contributed by atoms with E-state index in [1.165, 1.54) is 0 Å². The molecule has 1 atom stereocenters. The summed E-state index contributed by atoms with van der Waals surface area (Å²) in [5.74, 6) is 1.33. The zero-order chi connectivity index (χ0) is 26.9. The molecule has 0 bridgehead atoms. The Labute approximate surface area is 235 Å². The minimum absolute atomic E-state index is 0.0679. The van der Waals surface area contributed by atoms with E-state index in [-0.39, 0.29) is 17.8 Å². The number of carboxylic acids is 1. The molecular weight excluding hydrogens is 541 g/mol. The zero-order valence-electron chi connectivity index (χ0n) is 21.1. The topological polar surface area (TPSA) is 86.0 Å². The number of rotatable bonds is 10. The van der Waals surface area contributed by atoms with Gasteiger partial charge in [-0.2, -0.15) is 0 Å². The maximum atomic E-state index is 11.5. The molecule has 2 aliphatic heterocycles. The highest BCUT2D eigenvalue weighted by Gasteiger charge is 2.31. The van der Waals surface area contributed by atoms with Gasteiger partial charge in [-0.25, -0.2) is 9.78 Å². The van der Waals surface area contributed by atoms with Gasteiger partial charge in [0.25, 0.3) is 0 Å². The van der Waals surface area contributed by atoms with Gasteiger partial charge in [-0.3, -0.25) is 4.90 Å². The van der Waals surface area contributed by atoms with E-state index in [2.05, 4.69) is 9.47 Å². The van der Waals surface area contributed by atoms with E-state index >= 15 is 0 Å². The molecule has 0 radical (unpaired) electrons. The van der Waals surface area contributed by atoms with E-state index in [1.54, 1.807) is 36.4 Å². The van der Waals surface area contributed by atoms with Crippen LogP contribution in [0, 0.1) is 0 Å². The van der Waals surface area contributed by atoms with Gasteiger partial charge in [0.05, 0.1) is 40.8 Å². The van der Waals surface area contributed by atoms with Crippen molar-refractivity contribution in [1.29, 1.82) is 0 Å². The van der Waals surface area contributed by atoms with Crippen LogP contribution in [0.3, 0.4) is 0 Å². The highest BCUT2D eigenvalue weighted by atomic mass is 35.5. The van der Waals surface area contributed by atoms with Crippen LogP contribution in [0.25, 0.3) is 11.0 Å². The lowest BCUT2D eigenvalue weighted by atomic mass is 10.1. The van der Waals surface area contributed by atoms with E-state index in [4.69, 9.17) is 42.4 Å². The molecule has 3 aromatic carbocycles. The van der Waals surface area contributed by atoms with Gasteiger partial charge in [0, 0.05) is 24.7 Å². The molecule has 8 nitrogen and oxygen atoms in total. The highest BCUT2D eigenvalue weighted by Crippen LogP contribution is 2.29. The van der Waals surface area contributed by atoms with E-state index in [1.807, 2.05) is 24.3 Å². The van der Waals surface area contributed by atoms with Crippen LogP contribution in [-0.2, 0) is 24.4 Å². The molecule has 2 aliphatic rings. The van der Waals surface area contributed by atoms with Gasteiger partial charge in [-0.15, -0.1) is 0 Å². The number of imidazole rings is 1. The molecule has 202 valence electrons. The smallest absolute Gasteiger partial charge is 0.335 e. The summed E-state index contributed by atoms with van der Waals surface area (Å²) >= 11 is 12.2. The number of carboxylic acid groups (broad SMARTS) is 1. The minimum atomic E-state index is -0.946. The lowest BCUT2D eigenvalue weighted by Gasteiger charge is -2.39. The Hall–Kier alpha value is -3.30. The fourth-order valence-corrected chi connectivity index (χ4v) is 5.31. The predicted octanol–water partition coefficient (Wildman–Crippen LogP) is 5.67. The number of hydrogen-bond acceptors (Lipinski definition) is 6. The largest absolute Gasteiger partial charge is 0.488 e. The average molecular weight is 568 g/mol. The Balaban J connectivity index is 1.07. The third kappa shape index (κ3) is 5.84. The Morgan fingerprint density at radius 2 is 1.95 bits per heavy atom. The van der Waals surface area contributed by atoms with Crippen LogP contribution < -0.4 is 9.47 Å². The normalized spacial score (nSPS) is 17.5. The van der Waals surface area contributed by atoms with Gasteiger partial charge in [-0.05, 0) is 60.5 Å². The fraction of sp³-hybridized carbons (Fsp3) is 0.310. The van der Waals surface area contributed by atoms with Crippen molar-refractivity contribution in [3.8, 4) is 11.5 Å². The van der Waals surface area contributed by atoms with E-state index in [0.717, 1.165) is 54.3 Å². The minimum Gasteiger partial charge on any atom is -0.488 e. The summed E-state index contributed by atoms with van der Waals surface area (Å²) < 4.78 is 19.8. The van der Waals surface area contributed by atoms with Crippen molar-refractivity contribution in [2.24, 2.45) is 0 Å². The van der Waals surface area contributed by atoms with Crippen LogP contribution >= 0.6 is 23.2 Å². The molecule has 1 unspecified atom stereocenters. The molecule has 6 rings (SSSR count). The quantitative estimate of drug-likeness (QED) is 0.264. The molecule has 3 heterocycles. The molecule has 1 N–H and O–H groups in total. The van der Waals surface area contributed by atoms with Gasteiger partial charge in [0.1, 0.15) is 30.0 Å². The first-order valence-corrected chi connectivity index (χ1v) is 13.6. The van der Waals surface area contributed by atoms with Gasteiger partial charge in [-0.1, -0.05) is 35.3 Å². The van der Waals surface area contributed by atoms with Gasteiger partial charge in [0.15, 0.2) is 0 Å². The summed E-state index contributed by atoms with van der Waals surface area (Å²) in [7, 11) is 0. The molecule has 10 heteroatoms. The molecule has 0 spiro atoms. The maximum Gasteiger partial charge on any atom is 0.335 e. The summed E-state index contributed by atoms with van der Waals surface area (Å²) in [5.41, 5.74) is 2.85. The fourth-order valence-electron chi connectivity index (χ4n) is 4.84. The van der Waals surface area contributed by atoms with Crippen molar-refractivity contribution < 1.29 is 24.1 Å². The van der Waals surface area contributed by atoms with Crippen molar-refractivity contribution in [2.45, 2.75) is 38.3 Å². The van der Waals surface area contributed by atoms with Crippen LogP contribution in [-0.4, -0.2) is 57.4 Å². The molecule has 0 aliphatic carbocycles. The zero-order valence-corrected chi connectivity index (χ0v) is 22.6. The van der Waals surface area contributed by atoms with Gasteiger partial charge >= 0.3 is 5.97 Å². The number of fused-ring (bicyclic) bond motifs is 1. The monoisotopic (exact) mass is 567 g/mol. The van der Waals surface area contributed by atoms with E-state index < -0.39 is 5.97 Å². The first-order valence-electron chi connectivity index (χ1n) is 12.8. The molecular formula is C29H27Cl2N3O5. The number of ether oxygens (including phenoxy) is 3. The highest BCUT2D eigenvalue weighted by molar-refractivity contribution is 6.35. The number of aromatic nitrogens is 2. The summed E-state index contributed by atoms with van der Waals surface area (Å²) in [6, 6.07) is 18.1. The van der Waals surface area contributed by atoms with E-state index in [0.29, 0.717) is 35.5 Å². The Morgan fingerprint density at radius 3 is 2.69 bits per heavy atom. The third-order valence-electron chi connectivity index (χ3n) is 7.03. The van der Waals surface area contributed by atoms with Gasteiger partial charge in [0.2, 0.25) is 0 Å². The molecule has 2 saturated heterocycles. The lowest BCUT2D eigenvalue weighted by molar-refractivity contribution is -0.0596. The molecule has 39 heavy (non-hydrogen) atoms. The van der Waals surface area contributed by atoms with Crippen molar-refractivity contribution in [3.63, 3.8) is 0 Å². The summed E-state index contributed by atoms with van der Waals surface area (Å²) in [4.78, 5) is 18.6. The molecule has 2 fully saturated rings. The van der Waals surface area contributed by atoms with Crippen molar-refractivity contribution in [1.82, 2.24) is 14.5 Å². The van der Waals surface area contributed by atoms with Crippen molar-refractivity contribution in [3.05, 3.63) is 87.7 Å². The maximum absolute atomic E-state index is 11.5.